The number of halogens is 2. The highest BCUT2D eigenvalue weighted by molar-refractivity contribution is 7.90. The third kappa shape index (κ3) is 5.04. The van der Waals surface area contributed by atoms with Gasteiger partial charge in [-0.05, 0) is 37.3 Å². The van der Waals surface area contributed by atoms with E-state index in [9.17, 15) is 26.8 Å². The number of sulfone groups is 1. The molecular formula is C24H29F2N5O4S. The molecule has 1 aromatic heterocycles. The number of anilines is 2. The summed E-state index contributed by atoms with van der Waals surface area (Å²) < 4.78 is 52.7. The first-order valence-electron chi connectivity index (χ1n) is 11.8. The number of carbonyl (C=O) groups is 2. The Bertz CT molecular complexity index is 1270. The number of likely N-dealkylation sites (N-methyl/N-ethyl adjacent to an activating group) is 1. The van der Waals surface area contributed by atoms with Crippen molar-refractivity contribution in [3.05, 3.63) is 41.7 Å². The summed E-state index contributed by atoms with van der Waals surface area (Å²) in [6.07, 6.45) is 6.69. The number of amides is 2. The van der Waals surface area contributed by atoms with Crippen LogP contribution in [0.25, 0.3) is 0 Å². The number of benzene rings is 1. The highest BCUT2D eigenvalue weighted by Gasteiger charge is 2.40. The van der Waals surface area contributed by atoms with Crippen molar-refractivity contribution in [1.82, 2.24) is 14.9 Å². The molecule has 194 valence electrons. The number of aryl methyl sites for hydroxylation is 1. The maximum Gasteiger partial charge on any atom is 0.245 e. The van der Waals surface area contributed by atoms with Gasteiger partial charge in [0.25, 0.3) is 0 Å². The van der Waals surface area contributed by atoms with Crippen LogP contribution < -0.4 is 9.80 Å². The normalized spacial score (nSPS) is 21.1. The van der Waals surface area contributed by atoms with Gasteiger partial charge in [-0.1, -0.05) is 6.92 Å². The third-order valence-electron chi connectivity index (χ3n) is 6.87. The van der Waals surface area contributed by atoms with Crippen molar-refractivity contribution in [2.24, 2.45) is 0 Å². The van der Waals surface area contributed by atoms with E-state index in [-0.39, 0.29) is 30.0 Å². The van der Waals surface area contributed by atoms with Crippen LogP contribution in [0.3, 0.4) is 0 Å². The van der Waals surface area contributed by atoms with E-state index in [4.69, 9.17) is 0 Å². The molecule has 2 unspecified atom stereocenters. The second-order valence-electron chi connectivity index (χ2n) is 9.24. The topological polar surface area (TPSA) is 104 Å². The maximum absolute atomic E-state index is 14.8. The first kappa shape index (κ1) is 25.9. The van der Waals surface area contributed by atoms with E-state index in [1.807, 2.05) is 6.92 Å². The Hall–Kier alpha value is -3.15. The molecule has 0 spiro atoms. The quantitative estimate of drug-likeness (QED) is 0.575. The number of carbonyl (C=O) groups excluding carboxylic acids is 2. The van der Waals surface area contributed by atoms with E-state index in [0.717, 1.165) is 24.3 Å². The predicted octanol–water partition coefficient (Wildman–Crippen LogP) is 2.34. The molecule has 0 bridgehead atoms. The summed E-state index contributed by atoms with van der Waals surface area (Å²) in [6.45, 7) is 2.82. The zero-order chi connectivity index (χ0) is 26.2. The lowest BCUT2D eigenvalue weighted by Crippen LogP contribution is -2.57. The van der Waals surface area contributed by atoms with Crippen LogP contribution in [-0.4, -0.2) is 73.6 Å². The zero-order valence-corrected chi connectivity index (χ0v) is 21.3. The van der Waals surface area contributed by atoms with Crippen molar-refractivity contribution in [3.63, 3.8) is 0 Å². The molecule has 2 atom stereocenters. The molecule has 0 radical (unpaired) electrons. The molecule has 3 heterocycles. The smallest absolute Gasteiger partial charge is 0.245 e. The lowest BCUT2D eigenvalue weighted by molar-refractivity contribution is -0.139. The summed E-state index contributed by atoms with van der Waals surface area (Å²) in [7, 11) is -2.46. The Morgan fingerprint density at radius 1 is 1.08 bits per heavy atom. The lowest BCUT2D eigenvalue weighted by Gasteiger charge is -2.43. The first-order chi connectivity index (χ1) is 17.0. The highest BCUT2D eigenvalue weighted by atomic mass is 32.2. The van der Waals surface area contributed by atoms with Crippen LogP contribution in [0, 0.1) is 11.6 Å². The molecule has 36 heavy (non-hydrogen) atoms. The largest absolute Gasteiger partial charge is 0.360 e. The van der Waals surface area contributed by atoms with Gasteiger partial charge in [0.1, 0.15) is 22.6 Å². The monoisotopic (exact) mass is 521 g/mol. The molecule has 0 saturated carbocycles. The molecule has 2 aliphatic rings. The number of piperidine rings is 2. The van der Waals surface area contributed by atoms with Gasteiger partial charge in [-0.3, -0.25) is 14.5 Å². The minimum absolute atomic E-state index is 0.118. The highest BCUT2D eigenvalue weighted by Crippen LogP contribution is 2.31. The number of nitrogens with zero attached hydrogens (tertiary/aromatic N) is 5. The molecule has 2 saturated heterocycles. The number of aromatic nitrogens is 2. The van der Waals surface area contributed by atoms with Crippen LogP contribution in [0.1, 0.15) is 38.2 Å². The van der Waals surface area contributed by atoms with Crippen LogP contribution in [-0.2, 0) is 25.8 Å². The van der Waals surface area contributed by atoms with Gasteiger partial charge in [-0.15, -0.1) is 0 Å². The molecule has 4 rings (SSSR count). The molecule has 1 aromatic carbocycles. The molecule has 2 amide bonds. The van der Waals surface area contributed by atoms with Gasteiger partial charge in [0.05, 0.1) is 5.69 Å². The van der Waals surface area contributed by atoms with Gasteiger partial charge in [0, 0.05) is 57.3 Å². The fourth-order valence-electron chi connectivity index (χ4n) is 4.81. The Morgan fingerprint density at radius 2 is 1.78 bits per heavy atom. The van der Waals surface area contributed by atoms with E-state index in [2.05, 4.69) is 9.97 Å². The summed E-state index contributed by atoms with van der Waals surface area (Å²) >= 11 is 0. The average molecular weight is 522 g/mol. The van der Waals surface area contributed by atoms with Crippen LogP contribution in [0.5, 0.6) is 0 Å². The standard InChI is InChI=1S/C24H29F2N5O4S/c1-4-15-13-27-24(28-14-15)31-9-7-16(10-22(31)32)30-8-5-6-19(23(30)33)29(2)20-11-18(26)21(12-17(20)25)36(3,34)35/h11-14,16,19H,4-10H2,1-3H3. The van der Waals surface area contributed by atoms with Crippen LogP contribution in [0.15, 0.2) is 29.4 Å². The van der Waals surface area contributed by atoms with Gasteiger partial charge in [0.2, 0.25) is 17.8 Å². The summed E-state index contributed by atoms with van der Waals surface area (Å²) in [5.41, 5.74) is 0.774. The van der Waals surface area contributed by atoms with Crippen molar-refractivity contribution >= 4 is 33.3 Å². The van der Waals surface area contributed by atoms with Gasteiger partial charge >= 0.3 is 0 Å². The fraction of sp³-hybridized carbons (Fsp3) is 0.500. The minimum atomic E-state index is -3.94. The molecule has 2 aromatic rings. The predicted molar refractivity (Wildman–Crippen MR) is 129 cm³/mol. The zero-order valence-electron chi connectivity index (χ0n) is 20.4. The van der Waals surface area contributed by atoms with E-state index < -0.39 is 32.4 Å². The molecule has 2 aliphatic heterocycles. The van der Waals surface area contributed by atoms with Crippen molar-refractivity contribution in [3.8, 4) is 0 Å². The number of likely N-dealkylation sites (tertiary alicyclic amines) is 1. The second-order valence-corrected chi connectivity index (χ2v) is 11.2. The van der Waals surface area contributed by atoms with Crippen molar-refractivity contribution in [1.29, 1.82) is 0 Å². The number of hydrogen-bond acceptors (Lipinski definition) is 7. The Kier molecular flexibility index (Phi) is 7.26. The summed E-state index contributed by atoms with van der Waals surface area (Å²) in [5.74, 6) is -2.11. The lowest BCUT2D eigenvalue weighted by atomic mass is 9.96. The Labute approximate surface area is 209 Å². The van der Waals surface area contributed by atoms with Gasteiger partial charge in [-0.2, -0.15) is 0 Å². The molecular weight excluding hydrogens is 492 g/mol. The Balaban J connectivity index is 1.48. The maximum atomic E-state index is 14.8. The van der Waals surface area contributed by atoms with Gasteiger partial charge < -0.3 is 9.80 Å². The summed E-state index contributed by atoms with van der Waals surface area (Å²) in [4.78, 5) is 38.7. The SMILES string of the molecule is CCc1cnc(N2CCC(N3CCCC(N(C)c4cc(F)c(S(C)(=O)=O)cc4F)C3=O)CC2=O)nc1. The van der Waals surface area contributed by atoms with Crippen molar-refractivity contribution in [2.75, 3.05) is 36.2 Å². The third-order valence-corrected chi connectivity index (χ3v) is 7.98. The van der Waals surface area contributed by atoms with Crippen LogP contribution >= 0.6 is 0 Å². The second kappa shape index (κ2) is 10.1. The Morgan fingerprint density at radius 3 is 2.39 bits per heavy atom. The van der Waals surface area contributed by atoms with Crippen LogP contribution in [0.4, 0.5) is 20.4 Å². The van der Waals surface area contributed by atoms with Crippen LogP contribution in [0.2, 0.25) is 0 Å². The molecule has 9 nitrogen and oxygen atoms in total. The van der Waals surface area contributed by atoms with E-state index in [1.54, 1.807) is 17.3 Å². The molecule has 0 N–H and O–H groups in total. The van der Waals surface area contributed by atoms with Crippen molar-refractivity contribution in [2.45, 2.75) is 56.0 Å². The fourth-order valence-corrected chi connectivity index (χ4v) is 5.54. The number of rotatable bonds is 6. The van der Waals surface area contributed by atoms with Crippen molar-refractivity contribution < 1.29 is 26.8 Å². The summed E-state index contributed by atoms with van der Waals surface area (Å²) in [5, 5.41) is 0. The average Bonchev–Trinajstić information content (AvgIpc) is 2.84. The van der Waals surface area contributed by atoms with Gasteiger partial charge in [0.15, 0.2) is 9.84 Å². The minimum Gasteiger partial charge on any atom is -0.360 e. The van der Waals surface area contributed by atoms with E-state index in [0.29, 0.717) is 44.4 Å². The summed E-state index contributed by atoms with van der Waals surface area (Å²) in [6, 6.07) is 0.366. The molecule has 12 heteroatoms. The van der Waals surface area contributed by atoms with E-state index >= 15 is 0 Å². The molecule has 2 fully saturated rings. The molecule has 0 aliphatic carbocycles. The number of hydrogen-bond donors (Lipinski definition) is 0. The first-order valence-corrected chi connectivity index (χ1v) is 13.7. The van der Waals surface area contributed by atoms with E-state index in [1.165, 1.54) is 16.8 Å². The van der Waals surface area contributed by atoms with Gasteiger partial charge in [-0.25, -0.2) is 27.2 Å².